The van der Waals surface area contributed by atoms with Gasteiger partial charge in [0.2, 0.25) is 0 Å². The number of imidazole rings is 1. The van der Waals surface area contributed by atoms with E-state index in [1.807, 2.05) is 0 Å². The summed E-state index contributed by atoms with van der Waals surface area (Å²) in [5.74, 6) is 5.31. The number of halogens is 1. The topological polar surface area (TPSA) is 72.9 Å². The van der Waals surface area contributed by atoms with E-state index in [9.17, 15) is 4.79 Å². The number of carbonyl (C=O) groups is 1. The van der Waals surface area contributed by atoms with Crippen LogP contribution in [0.1, 0.15) is 16.1 Å². The molecule has 3 N–H and O–H groups in total. The van der Waals surface area contributed by atoms with Crippen molar-refractivity contribution >= 4 is 23.2 Å². The summed E-state index contributed by atoms with van der Waals surface area (Å²) in [5.41, 5.74) is 6.87. The highest BCUT2D eigenvalue weighted by Crippen LogP contribution is 2.23. The Labute approximate surface area is 121 Å². The lowest BCUT2D eigenvalue weighted by atomic mass is 10.2. The van der Waals surface area contributed by atoms with Gasteiger partial charge in [-0.1, -0.05) is 23.4 Å². The zero-order chi connectivity index (χ0) is 14.5. The number of nitrogens with one attached hydrogen (secondary N) is 1. The van der Waals surface area contributed by atoms with Crippen molar-refractivity contribution in [3.63, 3.8) is 0 Å². The van der Waals surface area contributed by atoms with Crippen LogP contribution < -0.4 is 11.1 Å². The number of anilines is 1. The fourth-order valence-corrected chi connectivity index (χ4v) is 1.73. The molecular weight excluding hydrogens is 276 g/mol. The predicted octanol–water partition coefficient (Wildman–Crippen LogP) is 1.64. The van der Waals surface area contributed by atoms with Crippen molar-refractivity contribution in [2.24, 2.45) is 12.8 Å². The second-order valence-electron chi connectivity index (χ2n) is 4.08. The predicted molar refractivity (Wildman–Crippen MR) is 78.5 cm³/mol. The highest BCUT2D eigenvalue weighted by molar-refractivity contribution is 6.34. The van der Waals surface area contributed by atoms with Gasteiger partial charge in [-0.15, -0.1) is 0 Å². The van der Waals surface area contributed by atoms with E-state index >= 15 is 0 Å². The van der Waals surface area contributed by atoms with Crippen molar-refractivity contribution in [3.05, 3.63) is 47.0 Å². The maximum Gasteiger partial charge on any atom is 0.275 e. The average molecular weight is 289 g/mol. The van der Waals surface area contributed by atoms with Crippen molar-refractivity contribution in [2.75, 3.05) is 11.9 Å². The molecule has 2 aromatic rings. The normalized spacial score (nSPS) is 9.75. The van der Waals surface area contributed by atoms with E-state index < -0.39 is 0 Å². The van der Waals surface area contributed by atoms with Crippen LogP contribution in [0.4, 0.5) is 5.69 Å². The van der Waals surface area contributed by atoms with Gasteiger partial charge in [0.1, 0.15) is 5.69 Å². The first-order chi connectivity index (χ1) is 9.60. The van der Waals surface area contributed by atoms with Crippen molar-refractivity contribution in [1.29, 1.82) is 0 Å². The van der Waals surface area contributed by atoms with Gasteiger partial charge in [0, 0.05) is 18.8 Å². The first kappa shape index (κ1) is 14.1. The summed E-state index contributed by atoms with van der Waals surface area (Å²) in [7, 11) is 1.79. The number of aromatic nitrogens is 2. The number of amides is 1. The molecule has 20 heavy (non-hydrogen) atoms. The van der Waals surface area contributed by atoms with Crippen LogP contribution in [-0.4, -0.2) is 22.0 Å². The number of nitrogens with zero attached hydrogens (tertiary/aromatic N) is 2. The summed E-state index contributed by atoms with van der Waals surface area (Å²) >= 11 is 6.05. The number of benzene rings is 1. The van der Waals surface area contributed by atoms with E-state index in [4.69, 9.17) is 17.3 Å². The number of nitrogens with two attached hydrogens (primary N) is 1. The monoisotopic (exact) mass is 288 g/mol. The Hall–Kier alpha value is -2.29. The quantitative estimate of drug-likeness (QED) is 0.825. The molecule has 1 aromatic heterocycles. The first-order valence-electron chi connectivity index (χ1n) is 5.88. The molecule has 102 valence electrons. The highest BCUT2D eigenvalue weighted by atomic mass is 35.5. The Bertz CT molecular complexity index is 697. The third-order valence-corrected chi connectivity index (χ3v) is 2.82. The molecule has 0 saturated carbocycles. The third kappa shape index (κ3) is 3.38. The SMILES string of the molecule is Cn1cnc(C(=O)Nc2cc(C#CCN)ccc2Cl)c1. The van der Waals surface area contributed by atoms with Gasteiger partial charge >= 0.3 is 0 Å². The standard InChI is InChI=1S/C14H13ClN4O/c1-19-8-13(17-9-19)14(20)18-12-7-10(3-2-6-16)4-5-11(12)15/h4-5,7-9H,6,16H2,1H3,(H,18,20). The fraction of sp³-hybridized carbons (Fsp3) is 0.143. The minimum atomic E-state index is -0.323. The molecule has 1 aromatic carbocycles. The van der Waals surface area contributed by atoms with Crippen LogP contribution >= 0.6 is 11.6 Å². The number of rotatable bonds is 2. The summed E-state index contributed by atoms with van der Waals surface area (Å²) in [4.78, 5) is 16.0. The van der Waals surface area contributed by atoms with Crippen LogP contribution in [0.3, 0.4) is 0 Å². The third-order valence-electron chi connectivity index (χ3n) is 2.49. The molecular formula is C14H13ClN4O. The van der Waals surface area contributed by atoms with Gasteiger partial charge in [0.15, 0.2) is 0 Å². The minimum absolute atomic E-state index is 0.276. The van der Waals surface area contributed by atoms with Gasteiger partial charge in [0.25, 0.3) is 5.91 Å². The molecule has 0 atom stereocenters. The van der Waals surface area contributed by atoms with Crippen LogP contribution in [0.2, 0.25) is 5.02 Å². The summed E-state index contributed by atoms with van der Waals surface area (Å²) < 4.78 is 1.69. The molecule has 0 bridgehead atoms. The number of hydrogen-bond acceptors (Lipinski definition) is 3. The van der Waals surface area contributed by atoms with E-state index in [1.165, 1.54) is 0 Å². The minimum Gasteiger partial charge on any atom is -0.340 e. The molecule has 0 fully saturated rings. The molecule has 0 spiro atoms. The molecule has 0 unspecified atom stereocenters. The van der Waals surface area contributed by atoms with Crippen LogP contribution in [0.5, 0.6) is 0 Å². The Balaban J connectivity index is 2.22. The molecule has 0 saturated heterocycles. The molecule has 0 radical (unpaired) electrons. The largest absolute Gasteiger partial charge is 0.340 e. The number of aryl methyl sites for hydroxylation is 1. The zero-order valence-electron chi connectivity index (χ0n) is 10.9. The lowest BCUT2D eigenvalue weighted by molar-refractivity contribution is 0.102. The van der Waals surface area contributed by atoms with Crippen molar-refractivity contribution in [2.45, 2.75) is 0 Å². The van der Waals surface area contributed by atoms with Crippen molar-refractivity contribution < 1.29 is 4.79 Å². The Morgan fingerprint density at radius 1 is 1.55 bits per heavy atom. The summed E-state index contributed by atoms with van der Waals surface area (Å²) in [5, 5.41) is 3.15. The van der Waals surface area contributed by atoms with E-state index in [1.54, 1.807) is 42.3 Å². The van der Waals surface area contributed by atoms with Gasteiger partial charge in [-0.2, -0.15) is 0 Å². The van der Waals surface area contributed by atoms with Gasteiger partial charge < -0.3 is 15.6 Å². The fourth-order valence-electron chi connectivity index (χ4n) is 1.57. The molecule has 0 aliphatic carbocycles. The zero-order valence-corrected chi connectivity index (χ0v) is 11.6. The second-order valence-corrected chi connectivity index (χ2v) is 4.49. The number of carbonyl (C=O) groups excluding carboxylic acids is 1. The van der Waals surface area contributed by atoms with E-state index in [-0.39, 0.29) is 12.5 Å². The summed E-state index contributed by atoms with van der Waals surface area (Å²) in [6, 6.07) is 5.14. The summed E-state index contributed by atoms with van der Waals surface area (Å²) in [6.45, 7) is 0.276. The Morgan fingerprint density at radius 2 is 2.35 bits per heavy atom. The molecule has 5 nitrogen and oxygen atoms in total. The lowest BCUT2D eigenvalue weighted by Crippen LogP contribution is -2.12. The number of hydrogen-bond donors (Lipinski definition) is 2. The maximum absolute atomic E-state index is 12.0. The van der Waals surface area contributed by atoms with Gasteiger partial charge in [-0.25, -0.2) is 4.98 Å². The highest BCUT2D eigenvalue weighted by Gasteiger charge is 2.11. The lowest BCUT2D eigenvalue weighted by Gasteiger charge is -2.06. The van der Waals surface area contributed by atoms with Crippen molar-refractivity contribution in [1.82, 2.24) is 9.55 Å². The molecule has 0 aliphatic rings. The Morgan fingerprint density at radius 3 is 3.00 bits per heavy atom. The molecule has 2 rings (SSSR count). The molecule has 1 amide bonds. The van der Waals surface area contributed by atoms with Crippen LogP contribution in [-0.2, 0) is 7.05 Å². The van der Waals surface area contributed by atoms with Crippen molar-refractivity contribution in [3.8, 4) is 11.8 Å². The van der Waals surface area contributed by atoms with Crippen LogP contribution in [0, 0.1) is 11.8 Å². The molecule has 0 aliphatic heterocycles. The molecule has 6 heteroatoms. The van der Waals surface area contributed by atoms with Crippen LogP contribution in [0.15, 0.2) is 30.7 Å². The smallest absolute Gasteiger partial charge is 0.275 e. The van der Waals surface area contributed by atoms with Gasteiger partial charge in [-0.05, 0) is 18.2 Å². The summed E-state index contributed by atoms with van der Waals surface area (Å²) in [6.07, 6.45) is 3.18. The Kier molecular flexibility index (Phi) is 4.41. The molecule has 1 heterocycles. The van der Waals surface area contributed by atoms with Crippen LogP contribution in [0.25, 0.3) is 0 Å². The maximum atomic E-state index is 12.0. The van der Waals surface area contributed by atoms with Gasteiger partial charge in [-0.3, -0.25) is 4.79 Å². The van der Waals surface area contributed by atoms with E-state index in [0.29, 0.717) is 16.4 Å². The van der Waals surface area contributed by atoms with Gasteiger partial charge in [0.05, 0.1) is 23.6 Å². The van der Waals surface area contributed by atoms with E-state index in [2.05, 4.69) is 22.1 Å². The second kappa shape index (κ2) is 6.24. The average Bonchev–Trinajstić information content (AvgIpc) is 2.86. The first-order valence-corrected chi connectivity index (χ1v) is 6.25. The van der Waals surface area contributed by atoms with E-state index in [0.717, 1.165) is 5.56 Å².